The molecular formula is C35H42O6. The van der Waals surface area contributed by atoms with Crippen molar-refractivity contribution < 1.29 is 28.5 Å². The van der Waals surface area contributed by atoms with Crippen molar-refractivity contribution in [2.24, 2.45) is 5.92 Å². The van der Waals surface area contributed by atoms with Gasteiger partial charge in [0.25, 0.3) is 0 Å². The maximum absolute atomic E-state index is 11.7. The summed E-state index contributed by atoms with van der Waals surface area (Å²) in [4.78, 5) is 23.2. The third-order valence-corrected chi connectivity index (χ3v) is 6.81. The van der Waals surface area contributed by atoms with Crippen LogP contribution in [0.2, 0.25) is 0 Å². The highest BCUT2D eigenvalue weighted by Gasteiger charge is 2.10. The summed E-state index contributed by atoms with van der Waals surface area (Å²) in [6.45, 7) is 1.35. The smallest absolute Gasteiger partial charge is 0.337 e. The van der Waals surface area contributed by atoms with Crippen LogP contribution in [0.25, 0.3) is 0 Å². The average Bonchev–Trinajstić information content (AvgIpc) is 3.01. The van der Waals surface area contributed by atoms with Crippen LogP contribution < -0.4 is 9.47 Å². The van der Waals surface area contributed by atoms with E-state index in [1.165, 1.54) is 19.8 Å². The predicted octanol–water partition coefficient (Wildman–Crippen LogP) is 7.40. The molecule has 0 amide bonds. The van der Waals surface area contributed by atoms with Crippen LogP contribution in [0.1, 0.15) is 60.0 Å². The van der Waals surface area contributed by atoms with Gasteiger partial charge in [-0.15, -0.1) is 0 Å². The first-order valence-electron chi connectivity index (χ1n) is 14.4. The minimum atomic E-state index is -0.333. The Morgan fingerprint density at radius 2 is 1.34 bits per heavy atom. The van der Waals surface area contributed by atoms with Crippen molar-refractivity contribution in [2.45, 2.75) is 51.4 Å². The van der Waals surface area contributed by atoms with Crippen molar-refractivity contribution in [1.29, 1.82) is 0 Å². The Morgan fingerprint density at radius 1 is 0.707 bits per heavy atom. The Hall–Kier alpha value is -4.06. The first kappa shape index (κ1) is 31.5. The van der Waals surface area contributed by atoms with E-state index >= 15 is 0 Å². The molecule has 0 saturated heterocycles. The van der Waals surface area contributed by atoms with Gasteiger partial charge in [-0.1, -0.05) is 61.0 Å². The summed E-state index contributed by atoms with van der Waals surface area (Å²) in [6, 6.07) is 25.7. The van der Waals surface area contributed by atoms with Crippen LogP contribution in [0.4, 0.5) is 0 Å². The van der Waals surface area contributed by atoms with Gasteiger partial charge in [0.05, 0.1) is 33.0 Å². The first-order chi connectivity index (χ1) is 20.1. The topological polar surface area (TPSA) is 71.1 Å². The summed E-state index contributed by atoms with van der Waals surface area (Å²) >= 11 is 0. The molecule has 0 N–H and O–H groups in total. The molecule has 0 aliphatic carbocycles. The third kappa shape index (κ3) is 12.3. The lowest BCUT2D eigenvalue weighted by Crippen LogP contribution is -2.05. The Kier molecular flexibility index (Phi) is 14.1. The number of esters is 2. The molecule has 1 atom stereocenters. The van der Waals surface area contributed by atoms with E-state index in [1.807, 2.05) is 54.6 Å². The number of carbonyl (C=O) groups is 2. The van der Waals surface area contributed by atoms with E-state index in [0.717, 1.165) is 62.0 Å². The number of carbonyl (C=O) groups excluding carboxylic acids is 2. The zero-order valence-corrected chi connectivity index (χ0v) is 24.3. The van der Waals surface area contributed by atoms with Crippen molar-refractivity contribution in [2.75, 3.05) is 27.4 Å². The second-order valence-corrected chi connectivity index (χ2v) is 9.97. The molecule has 0 aromatic heterocycles. The van der Waals surface area contributed by atoms with Gasteiger partial charge in [-0.3, -0.25) is 4.79 Å². The molecule has 6 heteroatoms. The molecule has 3 aromatic carbocycles. The van der Waals surface area contributed by atoms with Crippen LogP contribution >= 0.6 is 0 Å². The van der Waals surface area contributed by atoms with E-state index in [0.29, 0.717) is 31.1 Å². The fourth-order valence-corrected chi connectivity index (χ4v) is 4.46. The summed E-state index contributed by atoms with van der Waals surface area (Å²) in [5.74, 6) is 1.60. The highest BCUT2D eigenvalue weighted by Crippen LogP contribution is 2.20. The maximum Gasteiger partial charge on any atom is 0.337 e. The van der Waals surface area contributed by atoms with Crippen LogP contribution in [-0.2, 0) is 27.1 Å². The van der Waals surface area contributed by atoms with Gasteiger partial charge in [-0.25, -0.2) is 4.79 Å². The molecule has 218 valence electrons. The van der Waals surface area contributed by atoms with E-state index in [4.69, 9.17) is 18.9 Å². The summed E-state index contributed by atoms with van der Waals surface area (Å²) in [5.41, 5.74) is 2.93. The van der Waals surface area contributed by atoms with Gasteiger partial charge in [0.1, 0.15) is 11.5 Å². The van der Waals surface area contributed by atoms with E-state index in [-0.39, 0.29) is 11.9 Å². The number of benzene rings is 3. The number of ether oxygens (including phenoxy) is 4. The van der Waals surface area contributed by atoms with Crippen molar-refractivity contribution >= 4 is 11.9 Å². The van der Waals surface area contributed by atoms with Gasteiger partial charge in [-0.2, -0.15) is 0 Å². The molecule has 0 aliphatic rings. The first-order valence-corrected chi connectivity index (χ1v) is 14.4. The Balaban J connectivity index is 1.44. The summed E-state index contributed by atoms with van der Waals surface area (Å²) < 4.78 is 21.2. The monoisotopic (exact) mass is 558 g/mol. The van der Waals surface area contributed by atoms with Gasteiger partial charge in [0.2, 0.25) is 0 Å². The summed E-state index contributed by atoms with van der Waals surface area (Å²) in [7, 11) is 2.81. The van der Waals surface area contributed by atoms with Gasteiger partial charge in [0.15, 0.2) is 0 Å². The normalized spacial score (nSPS) is 11.7. The molecule has 0 saturated carbocycles. The Labute approximate surface area is 244 Å². The second kappa shape index (κ2) is 18.3. The predicted molar refractivity (Wildman–Crippen MR) is 161 cm³/mol. The van der Waals surface area contributed by atoms with Crippen molar-refractivity contribution in [3.63, 3.8) is 0 Å². The molecule has 3 aromatic rings. The van der Waals surface area contributed by atoms with Crippen LogP contribution in [0.5, 0.6) is 11.5 Å². The van der Waals surface area contributed by atoms with E-state index < -0.39 is 0 Å². The SMILES string of the molecule is COC(=O)CCCCC(C=CCc1ccc(OCCCCOc2ccccc2)cc1)Cc1ccc(C(=O)OC)cc1. The minimum Gasteiger partial charge on any atom is -0.494 e. The molecule has 0 fully saturated rings. The average molecular weight is 559 g/mol. The highest BCUT2D eigenvalue weighted by atomic mass is 16.5. The van der Waals surface area contributed by atoms with E-state index in [1.54, 1.807) is 12.1 Å². The minimum absolute atomic E-state index is 0.167. The molecule has 0 bridgehead atoms. The van der Waals surface area contributed by atoms with Gasteiger partial charge in [0, 0.05) is 6.42 Å². The molecule has 3 rings (SSSR count). The number of methoxy groups -OCH3 is 2. The number of para-hydroxylation sites is 1. The lowest BCUT2D eigenvalue weighted by molar-refractivity contribution is -0.140. The maximum atomic E-state index is 11.7. The van der Waals surface area contributed by atoms with Crippen molar-refractivity contribution in [3.05, 3.63) is 108 Å². The third-order valence-electron chi connectivity index (χ3n) is 6.81. The zero-order chi connectivity index (χ0) is 29.1. The van der Waals surface area contributed by atoms with Crippen LogP contribution in [-0.4, -0.2) is 39.4 Å². The zero-order valence-electron chi connectivity index (χ0n) is 24.3. The van der Waals surface area contributed by atoms with E-state index in [2.05, 4.69) is 24.3 Å². The summed E-state index contributed by atoms with van der Waals surface area (Å²) in [6.07, 6.45) is 11.2. The van der Waals surface area contributed by atoms with Crippen LogP contribution in [0.15, 0.2) is 91.0 Å². The molecule has 0 radical (unpaired) electrons. The molecule has 0 spiro atoms. The highest BCUT2D eigenvalue weighted by molar-refractivity contribution is 5.89. The Morgan fingerprint density at radius 3 is 1.98 bits per heavy atom. The van der Waals surface area contributed by atoms with Crippen LogP contribution in [0, 0.1) is 5.92 Å². The fourth-order valence-electron chi connectivity index (χ4n) is 4.46. The second-order valence-electron chi connectivity index (χ2n) is 9.97. The molecular weight excluding hydrogens is 516 g/mol. The van der Waals surface area contributed by atoms with Gasteiger partial charge >= 0.3 is 11.9 Å². The van der Waals surface area contributed by atoms with E-state index in [9.17, 15) is 9.59 Å². The van der Waals surface area contributed by atoms with Gasteiger partial charge < -0.3 is 18.9 Å². The number of hydrogen-bond acceptors (Lipinski definition) is 6. The number of hydrogen-bond donors (Lipinski definition) is 0. The lowest BCUT2D eigenvalue weighted by Gasteiger charge is -2.13. The quantitative estimate of drug-likeness (QED) is 0.0920. The lowest BCUT2D eigenvalue weighted by atomic mass is 9.92. The molecule has 0 aliphatic heterocycles. The molecule has 1 unspecified atom stereocenters. The molecule has 0 heterocycles. The Bertz CT molecular complexity index is 1190. The fraction of sp³-hybridized carbons (Fsp3) is 0.371. The largest absolute Gasteiger partial charge is 0.494 e. The molecule has 41 heavy (non-hydrogen) atoms. The van der Waals surface area contributed by atoms with Crippen molar-refractivity contribution in [3.8, 4) is 11.5 Å². The number of allylic oxidation sites excluding steroid dienone is 2. The molecule has 6 nitrogen and oxygen atoms in total. The van der Waals surface area contributed by atoms with Gasteiger partial charge in [-0.05, 0) is 92.0 Å². The number of rotatable bonds is 18. The number of unbranched alkanes of at least 4 members (excludes halogenated alkanes) is 2. The summed E-state index contributed by atoms with van der Waals surface area (Å²) in [5, 5.41) is 0. The van der Waals surface area contributed by atoms with Crippen molar-refractivity contribution in [1.82, 2.24) is 0 Å². The standard InChI is InChI=1S/C35H42O6/c1-38-34(36)16-7-6-11-29(27-30-17-21-31(22-18-30)35(37)39-2)13-10-12-28-19-23-33(24-20-28)41-26-9-8-25-40-32-14-4-3-5-15-32/h3-5,10,13-15,17-24,29H,6-9,11-12,16,25-27H2,1-2H3. The van der Waals surface area contributed by atoms with Crippen LogP contribution in [0.3, 0.4) is 0 Å².